The van der Waals surface area contributed by atoms with Crippen LogP contribution < -0.4 is 10.6 Å². The second kappa shape index (κ2) is 6.20. The predicted octanol–water partition coefficient (Wildman–Crippen LogP) is 3.48. The maximum Gasteiger partial charge on any atom is 0.255 e. The van der Waals surface area contributed by atoms with Gasteiger partial charge in [0.25, 0.3) is 11.8 Å². The van der Waals surface area contributed by atoms with E-state index in [4.69, 9.17) is 11.6 Å². The molecule has 22 heavy (non-hydrogen) atoms. The number of carbonyl (C=O) groups excluding carboxylic acids is 2. The van der Waals surface area contributed by atoms with Crippen molar-refractivity contribution in [1.29, 1.82) is 0 Å². The quantitative estimate of drug-likeness (QED) is 0.907. The highest BCUT2D eigenvalue weighted by atomic mass is 35.5. The number of hydrogen-bond acceptors (Lipinski definition) is 2. The van der Waals surface area contributed by atoms with Gasteiger partial charge >= 0.3 is 0 Å². The van der Waals surface area contributed by atoms with Crippen molar-refractivity contribution in [3.63, 3.8) is 0 Å². The van der Waals surface area contributed by atoms with Crippen molar-refractivity contribution in [1.82, 2.24) is 5.32 Å². The Hall–Kier alpha value is -2.33. The van der Waals surface area contributed by atoms with E-state index in [1.54, 1.807) is 48.5 Å². The van der Waals surface area contributed by atoms with Crippen LogP contribution in [0.25, 0.3) is 0 Å². The van der Waals surface area contributed by atoms with Crippen LogP contribution in [0.2, 0.25) is 5.02 Å². The Morgan fingerprint density at radius 1 is 0.955 bits per heavy atom. The van der Waals surface area contributed by atoms with Crippen molar-refractivity contribution in [2.75, 3.05) is 5.32 Å². The SMILES string of the molecule is O=C(Nc1cccc(Cl)c1)c1ccc(C(=O)NC2CC2)cc1. The van der Waals surface area contributed by atoms with E-state index in [9.17, 15) is 9.59 Å². The van der Waals surface area contributed by atoms with Crippen LogP contribution in [0.5, 0.6) is 0 Å². The second-order valence-electron chi connectivity index (χ2n) is 5.29. The first-order chi connectivity index (χ1) is 10.6. The minimum absolute atomic E-state index is 0.0932. The van der Waals surface area contributed by atoms with E-state index in [-0.39, 0.29) is 11.8 Å². The fraction of sp³-hybridized carbons (Fsp3) is 0.176. The van der Waals surface area contributed by atoms with E-state index in [1.807, 2.05) is 0 Å². The normalized spacial score (nSPS) is 13.5. The van der Waals surface area contributed by atoms with E-state index in [1.165, 1.54) is 0 Å². The van der Waals surface area contributed by atoms with Crippen molar-refractivity contribution < 1.29 is 9.59 Å². The summed E-state index contributed by atoms with van der Waals surface area (Å²) in [6, 6.07) is 13.9. The molecule has 0 atom stereocenters. The smallest absolute Gasteiger partial charge is 0.255 e. The number of halogens is 1. The first kappa shape index (κ1) is 14.6. The fourth-order valence-corrected chi connectivity index (χ4v) is 2.23. The van der Waals surface area contributed by atoms with Gasteiger partial charge in [0.15, 0.2) is 0 Å². The highest BCUT2D eigenvalue weighted by molar-refractivity contribution is 6.31. The molecule has 5 heteroatoms. The van der Waals surface area contributed by atoms with Gasteiger partial charge in [0, 0.05) is 27.9 Å². The van der Waals surface area contributed by atoms with Gasteiger partial charge in [-0.25, -0.2) is 0 Å². The first-order valence-corrected chi connectivity index (χ1v) is 7.47. The number of hydrogen-bond donors (Lipinski definition) is 2. The third-order valence-corrected chi connectivity index (χ3v) is 3.64. The summed E-state index contributed by atoms with van der Waals surface area (Å²) in [6.45, 7) is 0. The molecule has 1 aliphatic rings. The summed E-state index contributed by atoms with van der Waals surface area (Å²) in [5.41, 5.74) is 1.68. The summed E-state index contributed by atoms with van der Waals surface area (Å²) in [5, 5.41) is 6.24. The van der Waals surface area contributed by atoms with Crippen LogP contribution in [-0.2, 0) is 0 Å². The zero-order valence-electron chi connectivity index (χ0n) is 11.8. The average molecular weight is 315 g/mol. The zero-order chi connectivity index (χ0) is 15.5. The molecule has 0 saturated heterocycles. The molecule has 2 amide bonds. The lowest BCUT2D eigenvalue weighted by atomic mass is 10.1. The Labute approximate surface area is 133 Å². The van der Waals surface area contributed by atoms with Crippen LogP contribution in [0, 0.1) is 0 Å². The summed E-state index contributed by atoms with van der Waals surface area (Å²) >= 11 is 5.88. The first-order valence-electron chi connectivity index (χ1n) is 7.10. The molecule has 2 N–H and O–H groups in total. The van der Waals surface area contributed by atoms with Crippen molar-refractivity contribution in [3.05, 3.63) is 64.7 Å². The van der Waals surface area contributed by atoms with Crippen LogP contribution in [0.1, 0.15) is 33.6 Å². The minimum atomic E-state index is -0.239. The summed E-state index contributed by atoms with van der Waals surface area (Å²) in [7, 11) is 0. The van der Waals surface area contributed by atoms with Crippen molar-refractivity contribution >= 4 is 29.1 Å². The molecular formula is C17H15ClN2O2. The van der Waals surface area contributed by atoms with Crippen LogP contribution >= 0.6 is 11.6 Å². The number of nitrogens with one attached hydrogen (secondary N) is 2. The molecule has 0 aliphatic heterocycles. The molecule has 1 saturated carbocycles. The van der Waals surface area contributed by atoms with Crippen LogP contribution in [-0.4, -0.2) is 17.9 Å². The van der Waals surface area contributed by atoms with Gasteiger partial charge in [-0.3, -0.25) is 9.59 Å². The van der Waals surface area contributed by atoms with Crippen molar-refractivity contribution in [2.24, 2.45) is 0 Å². The largest absolute Gasteiger partial charge is 0.349 e. The van der Waals surface area contributed by atoms with Crippen LogP contribution in [0.4, 0.5) is 5.69 Å². The standard InChI is InChI=1S/C17H15ClN2O2/c18-13-2-1-3-15(10-13)20-17(22)12-6-4-11(5-7-12)16(21)19-14-8-9-14/h1-7,10,14H,8-9H2,(H,19,21)(H,20,22). The van der Waals surface area contributed by atoms with E-state index in [0.29, 0.717) is 27.9 Å². The Bertz CT molecular complexity index is 709. The Balaban J connectivity index is 1.66. The van der Waals surface area contributed by atoms with Gasteiger partial charge < -0.3 is 10.6 Å². The maximum absolute atomic E-state index is 12.1. The average Bonchev–Trinajstić information content (AvgIpc) is 3.31. The molecule has 112 valence electrons. The summed E-state index contributed by atoms with van der Waals surface area (Å²) in [5.74, 6) is -0.333. The van der Waals surface area contributed by atoms with Gasteiger partial charge in [-0.15, -0.1) is 0 Å². The van der Waals surface area contributed by atoms with Gasteiger partial charge in [0.2, 0.25) is 0 Å². The molecule has 1 aliphatic carbocycles. The van der Waals surface area contributed by atoms with E-state index < -0.39 is 0 Å². The van der Waals surface area contributed by atoms with E-state index in [2.05, 4.69) is 10.6 Å². The Kier molecular flexibility index (Phi) is 4.11. The Morgan fingerprint density at radius 2 is 1.59 bits per heavy atom. The predicted molar refractivity (Wildman–Crippen MR) is 86.3 cm³/mol. The lowest BCUT2D eigenvalue weighted by Gasteiger charge is -2.07. The number of benzene rings is 2. The number of carbonyl (C=O) groups is 2. The lowest BCUT2D eigenvalue weighted by Crippen LogP contribution is -2.25. The summed E-state index contributed by atoms with van der Waals surface area (Å²) < 4.78 is 0. The molecule has 0 bridgehead atoms. The molecule has 2 aromatic carbocycles. The van der Waals surface area contributed by atoms with Gasteiger partial charge in [-0.2, -0.15) is 0 Å². The molecule has 0 spiro atoms. The van der Waals surface area contributed by atoms with Crippen LogP contribution in [0.3, 0.4) is 0 Å². The molecule has 2 aromatic rings. The summed E-state index contributed by atoms with van der Waals surface area (Å²) in [4.78, 5) is 24.0. The highest BCUT2D eigenvalue weighted by Gasteiger charge is 2.23. The molecule has 3 rings (SSSR count). The van der Waals surface area contributed by atoms with Crippen LogP contribution in [0.15, 0.2) is 48.5 Å². The van der Waals surface area contributed by atoms with Crippen molar-refractivity contribution in [3.8, 4) is 0 Å². The van der Waals surface area contributed by atoms with Crippen molar-refractivity contribution in [2.45, 2.75) is 18.9 Å². The number of amides is 2. The molecular weight excluding hydrogens is 300 g/mol. The zero-order valence-corrected chi connectivity index (χ0v) is 12.6. The monoisotopic (exact) mass is 314 g/mol. The fourth-order valence-electron chi connectivity index (χ4n) is 2.04. The Morgan fingerprint density at radius 3 is 2.18 bits per heavy atom. The minimum Gasteiger partial charge on any atom is -0.349 e. The molecule has 0 unspecified atom stereocenters. The van der Waals surface area contributed by atoms with E-state index >= 15 is 0 Å². The highest BCUT2D eigenvalue weighted by Crippen LogP contribution is 2.19. The molecule has 4 nitrogen and oxygen atoms in total. The third-order valence-electron chi connectivity index (χ3n) is 3.40. The number of rotatable bonds is 4. The maximum atomic E-state index is 12.1. The number of anilines is 1. The van der Waals surface area contributed by atoms with E-state index in [0.717, 1.165) is 12.8 Å². The van der Waals surface area contributed by atoms with Gasteiger partial charge in [0.05, 0.1) is 0 Å². The third kappa shape index (κ3) is 3.65. The molecule has 1 fully saturated rings. The van der Waals surface area contributed by atoms with Gasteiger partial charge in [-0.05, 0) is 55.3 Å². The summed E-state index contributed by atoms with van der Waals surface area (Å²) in [6.07, 6.45) is 2.09. The molecule has 0 radical (unpaired) electrons. The van der Waals surface area contributed by atoms with Gasteiger partial charge in [0.1, 0.15) is 0 Å². The second-order valence-corrected chi connectivity index (χ2v) is 5.73. The molecule has 0 aromatic heterocycles. The molecule has 0 heterocycles. The lowest BCUT2D eigenvalue weighted by molar-refractivity contribution is 0.0949. The topological polar surface area (TPSA) is 58.2 Å². The van der Waals surface area contributed by atoms with Gasteiger partial charge in [-0.1, -0.05) is 17.7 Å².